The van der Waals surface area contributed by atoms with Gasteiger partial charge in [-0.2, -0.15) is 0 Å². The summed E-state index contributed by atoms with van der Waals surface area (Å²) < 4.78 is 3.76. The number of nitrogens with zero attached hydrogens (tertiary/aromatic N) is 2. The summed E-state index contributed by atoms with van der Waals surface area (Å²) >= 11 is 1.79. The summed E-state index contributed by atoms with van der Waals surface area (Å²) in [6.45, 7) is 8.75. The van der Waals surface area contributed by atoms with Gasteiger partial charge in [0, 0.05) is 45.1 Å². The van der Waals surface area contributed by atoms with Gasteiger partial charge in [0.15, 0.2) is 0 Å². The predicted octanol–water partition coefficient (Wildman–Crippen LogP) is 14.2. The van der Waals surface area contributed by atoms with Crippen LogP contribution in [0.2, 0.25) is 0 Å². The Bertz CT molecular complexity index is 2600. The summed E-state index contributed by atoms with van der Waals surface area (Å²) in [6.07, 6.45) is 22.6. The molecule has 1 aliphatic heterocycles. The first-order valence-corrected chi connectivity index (χ1v) is 19.6. The van der Waals surface area contributed by atoms with Crippen LogP contribution in [0.5, 0.6) is 0 Å². The van der Waals surface area contributed by atoms with Crippen LogP contribution in [0.3, 0.4) is 0 Å². The van der Waals surface area contributed by atoms with Crippen LogP contribution >= 0.6 is 11.3 Å². The number of para-hydroxylation sites is 2. The molecular formula is C51H44N2S. The number of aromatic nitrogens is 1. The molecule has 8 rings (SSSR count). The van der Waals surface area contributed by atoms with Crippen molar-refractivity contribution < 1.29 is 0 Å². The molecular weight excluding hydrogens is 673 g/mol. The van der Waals surface area contributed by atoms with E-state index in [9.17, 15) is 0 Å². The van der Waals surface area contributed by atoms with Gasteiger partial charge in [0.05, 0.1) is 5.52 Å². The number of benzene rings is 4. The first-order valence-electron chi connectivity index (χ1n) is 18.7. The molecule has 0 bridgehead atoms. The lowest BCUT2D eigenvalue weighted by molar-refractivity contribution is 0.863. The number of rotatable bonds is 4. The molecule has 1 aliphatic carbocycles. The normalized spacial score (nSPS) is 16.9. The first kappa shape index (κ1) is 34.9. The molecule has 0 saturated heterocycles. The van der Waals surface area contributed by atoms with E-state index in [1.54, 1.807) is 11.3 Å². The van der Waals surface area contributed by atoms with Crippen LogP contribution in [-0.4, -0.2) is 4.57 Å². The van der Waals surface area contributed by atoms with Gasteiger partial charge < -0.3 is 9.47 Å². The van der Waals surface area contributed by atoms with Crippen molar-refractivity contribution in [3.05, 3.63) is 221 Å². The lowest BCUT2D eigenvalue weighted by Gasteiger charge is -2.19. The summed E-state index contributed by atoms with van der Waals surface area (Å²) in [6, 6.07) is 43.7. The number of hydrogen-bond acceptors (Lipinski definition) is 2. The van der Waals surface area contributed by atoms with Crippen molar-refractivity contribution in [3.8, 4) is 16.8 Å². The molecule has 2 nitrogen and oxygen atoms in total. The lowest BCUT2D eigenvalue weighted by Crippen LogP contribution is -2.06. The summed E-state index contributed by atoms with van der Waals surface area (Å²) in [5.74, 6) is 0. The lowest BCUT2D eigenvalue weighted by atomic mass is 9.89. The molecule has 3 heteroatoms. The highest BCUT2D eigenvalue weighted by Crippen LogP contribution is 2.39. The molecule has 0 N–H and O–H groups in total. The van der Waals surface area contributed by atoms with Crippen molar-refractivity contribution in [1.29, 1.82) is 0 Å². The maximum Gasteiger partial charge on any atom is 0.0537 e. The quantitative estimate of drug-likeness (QED) is 0.176. The number of allylic oxidation sites excluding steroid dienone is 10. The zero-order valence-electron chi connectivity index (χ0n) is 31.0. The van der Waals surface area contributed by atoms with E-state index in [2.05, 4.69) is 212 Å². The van der Waals surface area contributed by atoms with Crippen LogP contribution in [0.1, 0.15) is 36.6 Å². The van der Waals surface area contributed by atoms with Crippen LogP contribution in [0.4, 0.5) is 5.69 Å². The average molecular weight is 717 g/mol. The van der Waals surface area contributed by atoms with E-state index in [4.69, 9.17) is 0 Å². The number of aryl methyl sites for hydroxylation is 1. The van der Waals surface area contributed by atoms with E-state index < -0.39 is 0 Å². The maximum atomic E-state index is 4.40. The van der Waals surface area contributed by atoms with Crippen LogP contribution in [-0.2, 0) is 6.42 Å². The Balaban J connectivity index is 1.15. The SMILES string of the molecule is C=C1/C=C\C=C/N(c2ccccc2)C=CC/C=C(/C2=Cc3c(n(-c4ccc(-c5cccc(C)c6ccccc6sc5)cc4)c4ccccc34)CC2)C=C1C. The minimum absolute atomic E-state index is 0.820. The highest BCUT2D eigenvalue weighted by atomic mass is 32.1. The van der Waals surface area contributed by atoms with Crippen molar-refractivity contribution in [2.45, 2.75) is 33.1 Å². The van der Waals surface area contributed by atoms with Crippen molar-refractivity contribution in [3.63, 3.8) is 0 Å². The third-order valence-corrected chi connectivity index (χ3v) is 11.4. The van der Waals surface area contributed by atoms with Gasteiger partial charge in [-0.25, -0.2) is 0 Å². The third kappa shape index (κ3) is 7.37. The van der Waals surface area contributed by atoms with Crippen molar-refractivity contribution in [1.82, 2.24) is 4.57 Å². The Kier molecular flexibility index (Phi) is 10.2. The van der Waals surface area contributed by atoms with Gasteiger partial charge in [0.25, 0.3) is 0 Å². The fourth-order valence-corrected chi connectivity index (χ4v) is 8.39. The molecule has 3 heterocycles. The van der Waals surface area contributed by atoms with Crippen LogP contribution in [0.15, 0.2) is 204 Å². The first-order chi connectivity index (χ1) is 26.5. The van der Waals surface area contributed by atoms with E-state index in [-0.39, 0.29) is 0 Å². The number of hydrogen-bond donors (Lipinski definition) is 0. The smallest absolute Gasteiger partial charge is 0.0537 e. The highest BCUT2D eigenvalue weighted by molar-refractivity contribution is 7.16. The van der Waals surface area contributed by atoms with Crippen molar-refractivity contribution in [2.24, 2.45) is 0 Å². The average Bonchev–Trinajstić information content (AvgIpc) is 3.58. The molecule has 0 radical (unpaired) electrons. The van der Waals surface area contributed by atoms with E-state index in [1.807, 2.05) is 0 Å². The minimum Gasteiger partial charge on any atom is -0.324 e. The van der Waals surface area contributed by atoms with Crippen LogP contribution < -0.4 is 4.90 Å². The van der Waals surface area contributed by atoms with E-state index in [0.29, 0.717) is 0 Å². The molecule has 0 saturated carbocycles. The molecule has 2 aromatic heterocycles. The van der Waals surface area contributed by atoms with Gasteiger partial charge >= 0.3 is 0 Å². The van der Waals surface area contributed by atoms with Gasteiger partial charge in [0.2, 0.25) is 0 Å². The van der Waals surface area contributed by atoms with Gasteiger partial charge in [-0.3, -0.25) is 0 Å². The van der Waals surface area contributed by atoms with Gasteiger partial charge in [-0.05, 0) is 131 Å². The summed E-state index contributed by atoms with van der Waals surface area (Å²) in [7, 11) is 0. The van der Waals surface area contributed by atoms with E-state index in [1.165, 1.54) is 71.3 Å². The van der Waals surface area contributed by atoms with Gasteiger partial charge in [0.1, 0.15) is 0 Å². The molecule has 6 aromatic rings. The molecule has 0 amide bonds. The predicted molar refractivity (Wildman–Crippen MR) is 235 cm³/mol. The zero-order chi connectivity index (χ0) is 36.9. The second-order valence-corrected chi connectivity index (χ2v) is 14.8. The van der Waals surface area contributed by atoms with Gasteiger partial charge in [-0.15, -0.1) is 11.3 Å². The molecule has 0 unspecified atom stereocenters. The Morgan fingerprint density at radius 2 is 1.43 bits per heavy atom. The minimum atomic E-state index is 0.820. The number of fused-ring (bicyclic) bond motifs is 4. The maximum absolute atomic E-state index is 4.40. The standard InChI is InChI=1S/C51H44N2S/c1-37-16-11-13-32-52(44-20-5-4-6-21-44)33-14-12-18-41(34-39(37)3)42-28-31-50-48(35-42)47-23-7-9-24-49(47)53(50)45-29-26-40(27-30-45)43-19-15-17-38(2)46-22-8-10-25-51(46)54-36-43/h4-11,13-27,29-30,32-36H,1,12,28,31H2,2-3H3/b16-11-,19-15?,32-13-,33-14?,38-17?,39-34?,41-18+,43-36?. The van der Waals surface area contributed by atoms with E-state index in [0.717, 1.165) is 30.5 Å². The second kappa shape index (κ2) is 15.8. The van der Waals surface area contributed by atoms with E-state index >= 15 is 0 Å². The largest absolute Gasteiger partial charge is 0.324 e. The zero-order valence-corrected chi connectivity index (χ0v) is 31.8. The fraction of sp³-hybridized carbons (Fsp3) is 0.0980. The molecule has 0 fully saturated rings. The van der Waals surface area contributed by atoms with Crippen LogP contribution in [0.25, 0.3) is 43.9 Å². The summed E-state index contributed by atoms with van der Waals surface area (Å²) in [5, 5.41) is 4.86. The Morgan fingerprint density at radius 1 is 0.648 bits per heavy atom. The Morgan fingerprint density at radius 3 is 2.28 bits per heavy atom. The molecule has 2 aliphatic rings. The fourth-order valence-electron chi connectivity index (χ4n) is 7.41. The second-order valence-electron chi connectivity index (χ2n) is 13.9. The monoisotopic (exact) mass is 716 g/mol. The topological polar surface area (TPSA) is 8.17 Å². The van der Waals surface area contributed by atoms with Crippen molar-refractivity contribution in [2.75, 3.05) is 4.90 Å². The molecule has 4 aromatic carbocycles. The third-order valence-electron chi connectivity index (χ3n) is 10.4. The Labute approximate surface area is 323 Å². The molecule has 264 valence electrons. The molecule has 0 spiro atoms. The van der Waals surface area contributed by atoms with Crippen LogP contribution in [0, 0.1) is 6.92 Å². The molecule has 0 atom stereocenters. The summed E-state index contributed by atoms with van der Waals surface area (Å²) in [5.41, 5.74) is 14.7. The summed E-state index contributed by atoms with van der Waals surface area (Å²) in [4.78, 5) is 2.16. The highest BCUT2D eigenvalue weighted by Gasteiger charge is 2.22. The Hall–Kier alpha value is -6.16. The van der Waals surface area contributed by atoms with Crippen molar-refractivity contribution >= 4 is 44.1 Å². The number of anilines is 1. The van der Waals surface area contributed by atoms with Gasteiger partial charge in [-0.1, -0.05) is 122 Å². The molecule has 54 heavy (non-hydrogen) atoms.